The molecule has 0 spiro atoms. The number of aldehydes is 1. The maximum atomic E-state index is 11.4. The van der Waals surface area contributed by atoms with E-state index in [2.05, 4.69) is 25.7 Å². The van der Waals surface area contributed by atoms with E-state index in [9.17, 15) is 9.90 Å². The third-order valence-corrected chi connectivity index (χ3v) is 5.05. The van der Waals surface area contributed by atoms with Gasteiger partial charge in [0.25, 0.3) is 0 Å². The molecule has 2 heterocycles. The normalized spacial score (nSPS) is 12.3. The van der Waals surface area contributed by atoms with Crippen LogP contribution in [0.3, 0.4) is 0 Å². The monoisotopic (exact) mass is 450 g/mol. The number of carbonyl (C=O) groups excluding carboxylic acids is 1. The maximum absolute atomic E-state index is 11.4. The molecule has 0 fully saturated rings. The number of aromatic nitrogens is 4. The van der Waals surface area contributed by atoms with E-state index >= 15 is 0 Å². The topological polar surface area (TPSA) is 113 Å². The summed E-state index contributed by atoms with van der Waals surface area (Å²) >= 11 is 0. The molecule has 0 aliphatic rings. The van der Waals surface area contributed by atoms with Crippen LogP contribution >= 0.6 is 0 Å². The van der Waals surface area contributed by atoms with Gasteiger partial charge >= 0.3 is 0 Å². The van der Waals surface area contributed by atoms with E-state index < -0.39 is 0 Å². The van der Waals surface area contributed by atoms with Crippen molar-refractivity contribution < 1.29 is 14.6 Å². The first-order valence-electron chi connectivity index (χ1n) is 10.7. The molecule has 0 aliphatic carbocycles. The molecule has 0 saturated heterocycles. The van der Waals surface area contributed by atoms with Gasteiger partial charge in [0.15, 0.2) is 5.82 Å². The highest BCUT2D eigenvalue weighted by atomic mass is 16.5. The van der Waals surface area contributed by atoms with Crippen LogP contribution < -0.4 is 15.0 Å². The van der Waals surface area contributed by atoms with Crippen LogP contribution in [-0.2, 0) is 4.79 Å². The lowest BCUT2D eigenvalue weighted by atomic mass is 10.0. The first kappa shape index (κ1) is 24.1. The molecular weight excluding hydrogens is 420 g/mol. The Hall–Kier alpha value is -3.59. The molecule has 1 aromatic carbocycles. The molecule has 0 saturated carbocycles. The standard InChI is InChI=1S/C24H30N6O3/c1-24(2,3)26-18(15-31)10-11-30(4)22-9-8-20(27-28-22)19-7-6-16(12-21(19)32)17-13-23(33-5)29-25-14-17/h6-9,12-15,18,26,32H,10-11H2,1-5H3. The highest BCUT2D eigenvalue weighted by Crippen LogP contribution is 2.33. The van der Waals surface area contributed by atoms with Crippen LogP contribution in [0.2, 0.25) is 0 Å². The van der Waals surface area contributed by atoms with Gasteiger partial charge in [0.2, 0.25) is 5.88 Å². The van der Waals surface area contributed by atoms with Crippen LogP contribution in [-0.4, -0.2) is 64.1 Å². The second-order valence-electron chi connectivity index (χ2n) is 8.84. The van der Waals surface area contributed by atoms with Gasteiger partial charge in [0, 0.05) is 36.3 Å². The predicted octanol–water partition coefficient (Wildman–Crippen LogP) is 3.10. The summed E-state index contributed by atoms with van der Waals surface area (Å²) in [5.41, 5.74) is 2.55. The van der Waals surface area contributed by atoms with E-state index in [4.69, 9.17) is 4.74 Å². The van der Waals surface area contributed by atoms with Crippen LogP contribution in [0.25, 0.3) is 22.4 Å². The van der Waals surface area contributed by atoms with Gasteiger partial charge < -0.3 is 24.9 Å². The highest BCUT2D eigenvalue weighted by molar-refractivity contribution is 5.74. The van der Waals surface area contributed by atoms with Gasteiger partial charge in [-0.2, -0.15) is 5.10 Å². The van der Waals surface area contributed by atoms with Crippen molar-refractivity contribution in [2.45, 2.75) is 38.8 Å². The molecule has 9 heteroatoms. The number of phenols is 1. The number of benzene rings is 1. The Kier molecular flexibility index (Phi) is 7.55. The summed E-state index contributed by atoms with van der Waals surface area (Å²) in [6.45, 7) is 6.74. The van der Waals surface area contributed by atoms with Gasteiger partial charge in [0.1, 0.15) is 12.0 Å². The number of ether oxygens (including phenoxy) is 1. The molecular formula is C24H30N6O3. The fraction of sp³-hybridized carbons (Fsp3) is 0.375. The van der Waals surface area contributed by atoms with Crippen LogP contribution in [0.1, 0.15) is 27.2 Å². The molecule has 1 atom stereocenters. The van der Waals surface area contributed by atoms with E-state index in [0.717, 1.165) is 17.4 Å². The lowest BCUT2D eigenvalue weighted by molar-refractivity contribution is -0.110. The van der Waals surface area contributed by atoms with Crippen molar-refractivity contribution in [2.75, 3.05) is 25.6 Å². The van der Waals surface area contributed by atoms with E-state index in [-0.39, 0.29) is 17.3 Å². The lowest BCUT2D eigenvalue weighted by Gasteiger charge is -2.27. The molecule has 0 bridgehead atoms. The Labute approximate surface area is 193 Å². The van der Waals surface area contributed by atoms with E-state index in [1.807, 2.05) is 50.9 Å². The second kappa shape index (κ2) is 10.4. The first-order chi connectivity index (χ1) is 15.7. The summed E-state index contributed by atoms with van der Waals surface area (Å²) in [5.74, 6) is 1.17. The van der Waals surface area contributed by atoms with Crippen molar-refractivity contribution in [3.63, 3.8) is 0 Å². The average Bonchev–Trinajstić information content (AvgIpc) is 2.81. The molecule has 3 rings (SSSR count). The number of hydrogen-bond donors (Lipinski definition) is 2. The van der Waals surface area contributed by atoms with Gasteiger partial charge in [-0.3, -0.25) is 0 Å². The smallest absolute Gasteiger partial charge is 0.233 e. The third kappa shape index (κ3) is 6.45. The summed E-state index contributed by atoms with van der Waals surface area (Å²) in [6.07, 6.45) is 3.20. The van der Waals surface area contributed by atoms with Gasteiger partial charge in [-0.25, -0.2) is 0 Å². The summed E-state index contributed by atoms with van der Waals surface area (Å²) in [6, 6.07) is 10.5. The molecule has 33 heavy (non-hydrogen) atoms. The number of phenolic OH excluding ortho intramolecular Hbond substituents is 1. The number of aromatic hydroxyl groups is 1. The Morgan fingerprint density at radius 3 is 2.52 bits per heavy atom. The summed E-state index contributed by atoms with van der Waals surface area (Å²) < 4.78 is 5.11. The Morgan fingerprint density at radius 1 is 1.12 bits per heavy atom. The van der Waals surface area contributed by atoms with E-state index in [1.54, 1.807) is 24.4 Å². The minimum absolute atomic E-state index is 0.0840. The molecule has 3 aromatic rings. The number of nitrogens with zero attached hydrogens (tertiary/aromatic N) is 5. The molecule has 0 amide bonds. The van der Waals surface area contributed by atoms with Crippen LogP contribution in [0.5, 0.6) is 11.6 Å². The van der Waals surface area contributed by atoms with Gasteiger partial charge in [-0.1, -0.05) is 6.07 Å². The van der Waals surface area contributed by atoms with Crippen molar-refractivity contribution in [3.05, 3.63) is 42.6 Å². The second-order valence-corrected chi connectivity index (χ2v) is 8.84. The molecule has 0 radical (unpaired) electrons. The third-order valence-electron chi connectivity index (χ3n) is 5.05. The van der Waals surface area contributed by atoms with E-state index in [1.165, 1.54) is 7.11 Å². The number of methoxy groups -OCH3 is 1. The number of hydrogen-bond acceptors (Lipinski definition) is 9. The zero-order valence-electron chi connectivity index (χ0n) is 19.6. The fourth-order valence-corrected chi connectivity index (χ4v) is 3.38. The van der Waals surface area contributed by atoms with E-state index in [0.29, 0.717) is 35.9 Å². The predicted molar refractivity (Wildman–Crippen MR) is 127 cm³/mol. The molecule has 2 aromatic heterocycles. The summed E-state index contributed by atoms with van der Waals surface area (Å²) in [5, 5.41) is 30.2. The van der Waals surface area contributed by atoms with Gasteiger partial charge in [0.05, 0.1) is 25.0 Å². The minimum Gasteiger partial charge on any atom is -0.507 e. The lowest BCUT2D eigenvalue weighted by Crippen LogP contribution is -2.45. The average molecular weight is 451 g/mol. The number of anilines is 1. The largest absolute Gasteiger partial charge is 0.507 e. The molecule has 1 unspecified atom stereocenters. The number of carbonyl (C=O) groups is 1. The van der Waals surface area contributed by atoms with Gasteiger partial charge in [-0.15, -0.1) is 15.3 Å². The van der Waals surface area contributed by atoms with Crippen molar-refractivity contribution in [3.8, 4) is 34.0 Å². The summed E-state index contributed by atoms with van der Waals surface area (Å²) in [4.78, 5) is 13.3. The van der Waals surface area contributed by atoms with Crippen molar-refractivity contribution in [1.29, 1.82) is 0 Å². The minimum atomic E-state index is -0.231. The Morgan fingerprint density at radius 2 is 1.91 bits per heavy atom. The Bertz CT molecular complexity index is 1080. The molecule has 9 nitrogen and oxygen atoms in total. The molecule has 2 N–H and O–H groups in total. The number of nitrogens with one attached hydrogen (secondary N) is 1. The van der Waals surface area contributed by atoms with Crippen molar-refractivity contribution in [1.82, 2.24) is 25.7 Å². The molecule has 0 aliphatic heterocycles. The first-order valence-corrected chi connectivity index (χ1v) is 10.7. The summed E-state index contributed by atoms with van der Waals surface area (Å²) in [7, 11) is 3.43. The quantitative estimate of drug-likeness (QED) is 0.475. The van der Waals surface area contributed by atoms with Crippen LogP contribution in [0.4, 0.5) is 5.82 Å². The maximum Gasteiger partial charge on any atom is 0.233 e. The zero-order chi connectivity index (χ0) is 24.0. The Balaban J connectivity index is 1.69. The number of rotatable bonds is 9. The highest BCUT2D eigenvalue weighted by Gasteiger charge is 2.17. The van der Waals surface area contributed by atoms with Crippen LogP contribution in [0, 0.1) is 0 Å². The van der Waals surface area contributed by atoms with Crippen LogP contribution in [0.15, 0.2) is 42.6 Å². The van der Waals surface area contributed by atoms with Crippen molar-refractivity contribution >= 4 is 12.1 Å². The van der Waals surface area contributed by atoms with Gasteiger partial charge in [-0.05, 0) is 57.0 Å². The SMILES string of the molecule is COc1cc(-c2ccc(-c3ccc(N(C)CCC(C=O)NC(C)(C)C)nn3)c(O)c2)cnn1. The van der Waals surface area contributed by atoms with Crippen molar-refractivity contribution in [2.24, 2.45) is 0 Å². The zero-order valence-corrected chi connectivity index (χ0v) is 19.6. The fourth-order valence-electron chi connectivity index (χ4n) is 3.38. The molecule has 174 valence electrons.